The van der Waals surface area contributed by atoms with Crippen molar-refractivity contribution in [1.29, 1.82) is 0 Å². The minimum Gasteiger partial charge on any atom is -0.491 e. The Bertz CT molecular complexity index is 815. The monoisotopic (exact) mass is 357 g/mol. The molecule has 0 saturated carbocycles. The number of amides is 1. The number of aromatic nitrogens is 2. The summed E-state index contributed by atoms with van der Waals surface area (Å²) >= 11 is 0. The maximum atomic E-state index is 12.9. The fourth-order valence-corrected chi connectivity index (χ4v) is 3.54. The fraction of sp³-hybridized carbons (Fsp3) is 0.500. The van der Waals surface area contributed by atoms with Gasteiger partial charge in [0.05, 0.1) is 12.2 Å². The molecule has 1 aromatic heterocycles. The highest BCUT2D eigenvalue weighted by Gasteiger charge is 2.40. The van der Waals surface area contributed by atoms with Crippen LogP contribution < -0.4 is 4.74 Å². The smallest absolute Gasteiger partial charge is 0.272 e. The van der Waals surface area contributed by atoms with Gasteiger partial charge in [-0.25, -0.2) is 0 Å². The normalized spacial score (nSPS) is 19.8. The van der Waals surface area contributed by atoms with E-state index in [1.165, 1.54) is 0 Å². The van der Waals surface area contributed by atoms with Crippen molar-refractivity contribution in [2.45, 2.75) is 39.2 Å². The average molecular weight is 357 g/mol. The zero-order chi connectivity index (χ0) is 18.9. The van der Waals surface area contributed by atoms with Gasteiger partial charge >= 0.3 is 0 Å². The number of nitrogens with zero attached hydrogens (tertiary/aromatic N) is 3. The molecule has 2 aromatic rings. The van der Waals surface area contributed by atoms with Crippen molar-refractivity contribution in [3.05, 3.63) is 46.8 Å². The van der Waals surface area contributed by atoms with Crippen LogP contribution in [0.2, 0.25) is 0 Å². The average Bonchev–Trinajstić information content (AvgIpc) is 3.13. The Kier molecular flexibility index (Phi) is 5.05. The lowest BCUT2D eigenvalue weighted by Gasteiger charge is -2.24. The molecule has 6 nitrogen and oxygen atoms in total. The van der Waals surface area contributed by atoms with Crippen LogP contribution in [0.5, 0.6) is 5.75 Å². The Labute approximate surface area is 154 Å². The van der Waals surface area contributed by atoms with Gasteiger partial charge in [0.2, 0.25) is 0 Å². The minimum absolute atomic E-state index is 0.0799. The lowest BCUT2D eigenvalue weighted by atomic mass is 10.1. The molecule has 3 rings (SSSR count). The summed E-state index contributed by atoms with van der Waals surface area (Å²) in [4.78, 5) is 14.6. The summed E-state index contributed by atoms with van der Waals surface area (Å²) in [6, 6.07) is 7.74. The lowest BCUT2D eigenvalue weighted by Crippen LogP contribution is -2.41. The Morgan fingerprint density at radius 1 is 1.38 bits per heavy atom. The molecule has 0 radical (unpaired) electrons. The molecule has 1 fully saturated rings. The minimum atomic E-state index is -1.03. The molecule has 1 saturated heterocycles. The van der Waals surface area contributed by atoms with Gasteiger partial charge in [-0.05, 0) is 44.4 Å². The number of carbonyl (C=O) groups excluding carboxylic acids is 1. The number of ether oxygens (including phenoxy) is 1. The zero-order valence-electron chi connectivity index (χ0n) is 16.0. The van der Waals surface area contributed by atoms with E-state index >= 15 is 0 Å². The van der Waals surface area contributed by atoms with Crippen LogP contribution in [0.15, 0.2) is 24.3 Å². The molecule has 1 aliphatic rings. The summed E-state index contributed by atoms with van der Waals surface area (Å²) in [5.74, 6) is 0.655. The molecular weight excluding hydrogens is 330 g/mol. The van der Waals surface area contributed by atoms with Crippen LogP contribution >= 0.6 is 0 Å². The standard InChI is InChI=1S/C20H27N3O3/c1-5-17-15(3)18(22(4)21-17)19(24)23-10-9-20(25,12-23)13-26-16-8-6-7-14(2)11-16/h6-8,11,25H,5,9-10,12-13H2,1-4H3/t20-/m0/s1. The van der Waals surface area contributed by atoms with Crippen molar-refractivity contribution in [3.8, 4) is 5.75 Å². The van der Waals surface area contributed by atoms with E-state index in [9.17, 15) is 9.90 Å². The summed E-state index contributed by atoms with van der Waals surface area (Å²) in [5, 5.41) is 15.3. The van der Waals surface area contributed by atoms with Crippen LogP contribution in [0.4, 0.5) is 0 Å². The molecule has 140 valence electrons. The first-order valence-electron chi connectivity index (χ1n) is 9.06. The largest absolute Gasteiger partial charge is 0.491 e. The Balaban J connectivity index is 1.67. The van der Waals surface area contributed by atoms with Crippen molar-refractivity contribution in [2.75, 3.05) is 19.7 Å². The predicted octanol–water partition coefficient (Wildman–Crippen LogP) is 2.26. The van der Waals surface area contributed by atoms with Crippen molar-refractivity contribution in [1.82, 2.24) is 14.7 Å². The van der Waals surface area contributed by atoms with Crippen LogP contribution in [0.3, 0.4) is 0 Å². The maximum Gasteiger partial charge on any atom is 0.272 e. The van der Waals surface area contributed by atoms with E-state index in [0.29, 0.717) is 18.7 Å². The van der Waals surface area contributed by atoms with Gasteiger partial charge in [0, 0.05) is 19.2 Å². The highest BCUT2D eigenvalue weighted by Crippen LogP contribution is 2.26. The molecule has 2 heterocycles. The molecule has 1 aromatic carbocycles. The number of carbonyl (C=O) groups is 1. The molecule has 0 bridgehead atoms. The number of hydrogen-bond donors (Lipinski definition) is 1. The van der Waals surface area contributed by atoms with E-state index in [2.05, 4.69) is 5.10 Å². The van der Waals surface area contributed by atoms with Crippen LogP contribution in [0, 0.1) is 13.8 Å². The van der Waals surface area contributed by atoms with Crippen molar-refractivity contribution >= 4 is 5.91 Å². The van der Waals surface area contributed by atoms with Crippen molar-refractivity contribution in [3.63, 3.8) is 0 Å². The second kappa shape index (κ2) is 7.11. The van der Waals surface area contributed by atoms with E-state index in [4.69, 9.17) is 4.74 Å². The first-order chi connectivity index (χ1) is 12.3. The first-order valence-corrected chi connectivity index (χ1v) is 9.06. The first kappa shape index (κ1) is 18.5. The topological polar surface area (TPSA) is 67.6 Å². The molecule has 1 N–H and O–H groups in total. The van der Waals surface area contributed by atoms with E-state index in [1.807, 2.05) is 45.0 Å². The van der Waals surface area contributed by atoms with E-state index in [1.54, 1.807) is 16.6 Å². The quantitative estimate of drug-likeness (QED) is 0.891. The Morgan fingerprint density at radius 3 is 2.81 bits per heavy atom. The third kappa shape index (κ3) is 3.60. The van der Waals surface area contributed by atoms with Gasteiger partial charge in [-0.2, -0.15) is 5.10 Å². The molecule has 1 amide bonds. The number of β-amino-alcohol motifs (C(OH)–C–C–N with tert-alkyl or cyclic N) is 1. The number of likely N-dealkylation sites (tertiary alicyclic amines) is 1. The second-order valence-corrected chi connectivity index (χ2v) is 7.20. The van der Waals surface area contributed by atoms with Gasteiger partial charge in [-0.1, -0.05) is 19.1 Å². The molecule has 6 heteroatoms. The SMILES string of the molecule is CCc1nn(C)c(C(=O)N2CC[C@@](O)(COc3cccc(C)c3)C2)c1C. The Morgan fingerprint density at radius 2 is 2.15 bits per heavy atom. The summed E-state index contributed by atoms with van der Waals surface area (Å²) in [7, 11) is 1.79. The van der Waals surface area contributed by atoms with E-state index in [0.717, 1.165) is 29.0 Å². The molecule has 1 atom stereocenters. The van der Waals surface area contributed by atoms with Gasteiger partial charge < -0.3 is 14.7 Å². The molecule has 0 unspecified atom stereocenters. The van der Waals surface area contributed by atoms with Gasteiger partial charge in [0.1, 0.15) is 23.7 Å². The summed E-state index contributed by atoms with van der Waals surface area (Å²) in [5.41, 5.74) is 2.54. The molecule has 26 heavy (non-hydrogen) atoms. The summed E-state index contributed by atoms with van der Waals surface area (Å²) < 4.78 is 7.42. The lowest BCUT2D eigenvalue weighted by molar-refractivity contribution is 0.00417. The van der Waals surface area contributed by atoms with Gasteiger partial charge in [-0.3, -0.25) is 9.48 Å². The van der Waals surface area contributed by atoms with Crippen molar-refractivity contribution in [2.24, 2.45) is 7.05 Å². The molecule has 1 aliphatic heterocycles. The van der Waals surface area contributed by atoms with Crippen molar-refractivity contribution < 1.29 is 14.6 Å². The molecule has 0 spiro atoms. The van der Waals surface area contributed by atoms with E-state index in [-0.39, 0.29) is 19.1 Å². The van der Waals surface area contributed by atoms with Crippen LogP contribution in [-0.2, 0) is 13.5 Å². The highest BCUT2D eigenvalue weighted by molar-refractivity contribution is 5.94. The third-order valence-electron chi connectivity index (χ3n) is 5.04. The molecular formula is C20H27N3O3. The van der Waals surface area contributed by atoms with Crippen LogP contribution in [-0.4, -0.2) is 51.0 Å². The second-order valence-electron chi connectivity index (χ2n) is 7.20. The van der Waals surface area contributed by atoms with Gasteiger partial charge in [0.15, 0.2) is 0 Å². The number of aryl methyl sites for hydroxylation is 3. The fourth-order valence-electron chi connectivity index (χ4n) is 3.54. The maximum absolute atomic E-state index is 12.9. The zero-order valence-corrected chi connectivity index (χ0v) is 16.0. The summed E-state index contributed by atoms with van der Waals surface area (Å²) in [6.07, 6.45) is 1.29. The molecule has 0 aliphatic carbocycles. The van der Waals surface area contributed by atoms with Gasteiger partial charge in [0.25, 0.3) is 5.91 Å². The van der Waals surface area contributed by atoms with Crippen LogP contribution in [0.25, 0.3) is 0 Å². The number of hydrogen-bond acceptors (Lipinski definition) is 4. The predicted molar refractivity (Wildman–Crippen MR) is 99.5 cm³/mol. The van der Waals surface area contributed by atoms with Crippen LogP contribution in [0.1, 0.15) is 40.7 Å². The van der Waals surface area contributed by atoms with Gasteiger partial charge in [-0.15, -0.1) is 0 Å². The number of rotatable bonds is 5. The number of aliphatic hydroxyl groups is 1. The third-order valence-corrected chi connectivity index (χ3v) is 5.04. The highest BCUT2D eigenvalue weighted by atomic mass is 16.5. The number of benzene rings is 1. The van der Waals surface area contributed by atoms with E-state index < -0.39 is 5.60 Å². The summed E-state index contributed by atoms with van der Waals surface area (Å²) in [6.45, 7) is 6.91. The Hall–Kier alpha value is -2.34.